The third-order valence-electron chi connectivity index (χ3n) is 7.27. The van der Waals surface area contributed by atoms with Gasteiger partial charge in [0.1, 0.15) is 0 Å². The van der Waals surface area contributed by atoms with Gasteiger partial charge in [-0.3, -0.25) is 4.79 Å². The van der Waals surface area contributed by atoms with Gasteiger partial charge in [-0.25, -0.2) is 0 Å². The minimum Gasteiger partial charge on any atom is -0.469 e. The average Bonchev–Trinajstić information content (AvgIpc) is 2.98. The Morgan fingerprint density at radius 3 is 1.95 bits per heavy atom. The molecular formula is C37H52O3Si. The van der Waals surface area contributed by atoms with Crippen LogP contribution in [0.3, 0.4) is 0 Å². The standard InChI is InChI=1S/C37H52O3Si/c1-6-7-8-9-10-11-12-13-14-15-16-17-20-26-33(27-25-32-36(38)39-5)40-41(37(2,3)4,34-28-21-18-22-29-34)35-30-23-19-24-31-35/h10-11,13-14,16-24,26,28-31,33H,6-9,12,15,25,27,32H2,1-5H3/b11-10-,14-13-,17-16-,26-20+/t33-/m1/s1. The van der Waals surface area contributed by atoms with Gasteiger partial charge in [-0.1, -0.05) is 150 Å². The predicted octanol–water partition coefficient (Wildman–Crippen LogP) is 8.86. The number of ether oxygens (including phenoxy) is 1. The summed E-state index contributed by atoms with van der Waals surface area (Å²) in [6.07, 6.45) is 26.2. The summed E-state index contributed by atoms with van der Waals surface area (Å²) in [5, 5.41) is 2.39. The topological polar surface area (TPSA) is 35.5 Å². The molecule has 0 saturated carbocycles. The lowest BCUT2D eigenvalue weighted by molar-refractivity contribution is -0.140. The maximum atomic E-state index is 11.9. The van der Waals surface area contributed by atoms with E-state index in [0.717, 1.165) is 19.3 Å². The van der Waals surface area contributed by atoms with Gasteiger partial charge in [0.15, 0.2) is 0 Å². The molecule has 0 N–H and O–H groups in total. The van der Waals surface area contributed by atoms with Gasteiger partial charge >= 0.3 is 5.97 Å². The monoisotopic (exact) mass is 572 g/mol. The van der Waals surface area contributed by atoms with E-state index in [1.165, 1.54) is 43.2 Å². The molecule has 0 unspecified atom stereocenters. The molecule has 0 aliphatic heterocycles. The van der Waals surface area contributed by atoms with Crippen LogP contribution < -0.4 is 10.4 Å². The van der Waals surface area contributed by atoms with E-state index in [9.17, 15) is 4.79 Å². The van der Waals surface area contributed by atoms with Crippen molar-refractivity contribution in [1.82, 2.24) is 0 Å². The van der Waals surface area contributed by atoms with Crippen LogP contribution in [0.4, 0.5) is 0 Å². The number of hydrogen-bond donors (Lipinski definition) is 0. The SMILES string of the molecule is CCCCC/C=C\C/C=C\C/C=C\C=C\[C@H](CCCC(=O)OC)O[Si](c1ccccc1)(c1ccccc1)C(C)(C)C. The molecule has 0 radical (unpaired) electrons. The van der Waals surface area contributed by atoms with E-state index in [-0.39, 0.29) is 17.1 Å². The van der Waals surface area contributed by atoms with E-state index in [1.54, 1.807) is 0 Å². The number of esters is 1. The second-order valence-corrected chi connectivity index (χ2v) is 15.8. The quantitative estimate of drug-likeness (QED) is 0.0588. The zero-order chi connectivity index (χ0) is 29.8. The molecule has 2 rings (SSSR count). The highest BCUT2D eigenvalue weighted by atomic mass is 28.4. The van der Waals surface area contributed by atoms with Crippen LogP contribution in [0.5, 0.6) is 0 Å². The van der Waals surface area contributed by atoms with E-state index in [4.69, 9.17) is 9.16 Å². The van der Waals surface area contributed by atoms with Gasteiger partial charge < -0.3 is 9.16 Å². The highest BCUT2D eigenvalue weighted by Crippen LogP contribution is 2.38. The highest BCUT2D eigenvalue weighted by Gasteiger charge is 2.51. The maximum absolute atomic E-state index is 11.9. The molecule has 0 bridgehead atoms. The largest absolute Gasteiger partial charge is 0.469 e. The molecule has 2 aromatic carbocycles. The van der Waals surface area contributed by atoms with Crippen molar-refractivity contribution in [2.75, 3.05) is 7.11 Å². The fourth-order valence-corrected chi connectivity index (χ4v) is 9.75. The molecule has 0 aliphatic rings. The molecule has 4 heteroatoms. The molecule has 222 valence electrons. The molecule has 1 atom stereocenters. The number of carbonyl (C=O) groups is 1. The normalized spacial score (nSPS) is 13.6. The van der Waals surface area contributed by atoms with Crippen LogP contribution in [0.2, 0.25) is 5.04 Å². The van der Waals surface area contributed by atoms with Crippen molar-refractivity contribution in [3.8, 4) is 0 Å². The summed E-state index contributed by atoms with van der Waals surface area (Å²) in [5.74, 6) is -0.180. The predicted molar refractivity (Wildman–Crippen MR) is 178 cm³/mol. The van der Waals surface area contributed by atoms with E-state index >= 15 is 0 Å². The van der Waals surface area contributed by atoms with Crippen LogP contribution in [0.15, 0.2) is 109 Å². The van der Waals surface area contributed by atoms with Gasteiger partial charge in [-0.2, -0.15) is 0 Å². The molecular weight excluding hydrogens is 520 g/mol. The number of hydrogen-bond acceptors (Lipinski definition) is 3. The van der Waals surface area contributed by atoms with Crippen LogP contribution >= 0.6 is 0 Å². The van der Waals surface area contributed by atoms with E-state index < -0.39 is 8.32 Å². The lowest BCUT2D eigenvalue weighted by Gasteiger charge is -2.44. The van der Waals surface area contributed by atoms with Crippen molar-refractivity contribution in [2.24, 2.45) is 0 Å². The molecule has 0 amide bonds. The van der Waals surface area contributed by atoms with Gasteiger partial charge in [0.05, 0.1) is 13.2 Å². The lowest BCUT2D eigenvalue weighted by Crippen LogP contribution is -2.67. The van der Waals surface area contributed by atoms with Crippen molar-refractivity contribution >= 4 is 24.7 Å². The number of methoxy groups -OCH3 is 1. The zero-order valence-electron chi connectivity index (χ0n) is 26.1. The molecule has 0 spiro atoms. The molecule has 41 heavy (non-hydrogen) atoms. The Kier molecular flexibility index (Phi) is 16.1. The average molecular weight is 573 g/mol. The number of rotatable bonds is 18. The third-order valence-corrected chi connectivity index (χ3v) is 12.3. The van der Waals surface area contributed by atoms with Gasteiger partial charge in [0, 0.05) is 6.42 Å². The number of allylic oxidation sites excluding steroid dienone is 7. The van der Waals surface area contributed by atoms with Crippen molar-refractivity contribution in [3.05, 3.63) is 109 Å². The highest BCUT2D eigenvalue weighted by molar-refractivity contribution is 6.99. The van der Waals surface area contributed by atoms with Gasteiger partial charge in [0.2, 0.25) is 0 Å². The first-order valence-electron chi connectivity index (χ1n) is 15.3. The third kappa shape index (κ3) is 11.8. The summed E-state index contributed by atoms with van der Waals surface area (Å²) in [5.41, 5.74) is 0. The number of carbonyl (C=O) groups excluding carboxylic acids is 1. The van der Waals surface area contributed by atoms with E-state index in [0.29, 0.717) is 12.8 Å². The summed E-state index contributed by atoms with van der Waals surface area (Å²) >= 11 is 0. The zero-order valence-corrected chi connectivity index (χ0v) is 27.1. The first kappa shape index (κ1) is 34.2. The first-order chi connectivity index (χ1) is 19.8. The van der Waals surface area contributed by atoms with E-state index in [2.05, 4.69) is 137 Å². The molecule has 0 saturated heterocycles. The van der Waals surface area contributed by atoms with Gasteiger partial charge in [-0.05, 0) is 53.9 Å². The van der Waals surface area contributed by atoms with Crippen LogP contribution in [0, 0.1) is 0 Å². The Hall–Kier alpha value is -2.95. The minimum absolute atomic E-state index is 0.116. The number of benzene rings is 2. The van der Waals surface area contributed by atoms with Crippen LogP contribution in [-0.4, -0.2) is 27.5 Å². The summed E-state index contributed by atoms with van der Waals surface area (Å²) in [6, 6.07) is 21.4. The second kappa shape index (κ2) is 19.2. The summed E-state index contributed by atoms with van der Waals surface area (Å²) in [4.78, 5) is 11.9. The molecule has 0 aromatic heterocycles. The van der Waals surface area contributed by atoms with Crippen molar-refractivity contribution in [1.29, 1.82) is 0 Å². The van der Waals surface area contributed by atoms with Gasteiger partial charge in [0.25, 0.3) is 8.32 Å². The fraction of sp³-hybridized carbons (Fsp3) is 0.432. The van der Waals surface area contributed by atoms with E-state index in [1.807, 2.05) is 0 Å². The molecule has 2 aromatic rings. The summed E-state index contributed by atoms with van der Waals surface area (Å²) in [7, 11) is -1.27. The van der Waals surface area contributed by atoms with Crippen molar-refractivity contribution in [2.45, 2.75) is 96.6 Å². The Morgan fingerprint density at radius 2 is 1.39 bits per heavy atom. The maximum Gasteiger partial charge on any atom is 0.305 e. The molecule has 0 aliphatic carbocycles. The fourth-order valence-electron chi connectivity index (χ4n) is 5.08. The Labute approximate surface area is 251 Å². The van der Waals surface area contributed by atoms with Crippen LogP contribution in [0.1, 0.15) is 85.5 Å². The Bertz CT molecular complexity index is 1050. The molecule has 0 fully saturated rings. The van der Waals surface area contributed by atoms with Gasteiger partial charge in [-0.15, -0.1) is 0 Å². The lowest BCUT2D eigenvalue weighted by atomic mass is 10.1. The summed E-state index contributed by atoms with van der Waals surface area (Å²) < 4.78 is 12.2. The van der Waals surface area contributed by atoms with Crippen LogP contribution in [0.25, 0.3) is 0 Å². The van der Waals surface area contributed by atoms with Crippen molar-refractivity contribution < 1.29 is 14.0 Å². The second-order valence-electron chi connectivity index (χ2n) is 11.5. The Balaban J connectivity index is 2.21. The Morgan fingerprint density at radius 1 is 0.805 bits per heavy atom. The summed E-state index contributed by atoms with van der Waals surface area (Å²) in [6.45, 7) is 9.12. The smallest absolute Gasteiger partial charge is 0.305 e. The number of unbranched alkanes of at least 4 members (excludes halogenated alkanes) is 3. The molecule has 3 nitrogen and oxygen atoms in total. The van der Waals surface area contributed by atoms with Crippen LogP contribution in [-0.2, 0) is 14.0 Å². The first-order valence-corrected chi connectivity index (χ1v) is 17.2. The minimum atomic E-state index is -2.71. The van der Waals surface area contributed by atoms with Crippen molar-refractivity contribution in [3.63, 3.8) is 0 Å². The molecule has 0 heterocycles.